The van der Waals surface area contributed by atoms with E-state index in [2.05, 4.69) is 202 Å². The van der Waals surface area contributed by atoms with Crippen LogP contribution in [0.15, 0.2) is 78.4 Å². The lowest BCUT2D eigenvalue weighted by molar-refractivity contribution is -0.385. The molecule has 2 aromatic carbocycles. The normalized spacial score (nSPS) is 14.4. The summed E-state index contributed by atoms with van der Waals surface area (Å²) in [5, 5.41) is 11.8. The van der Waals surface area contributed by atoms with Crippen molar-refractivity contribution in [2.24, 2.45) is 0 Å². The van der Waals surface area contributed by atoms with Crippen LogP contribution in [0.2, 0.25) is 0 Å². The zero-order valence-electron chi connectivity index (χ0n) is 39.0. The van der Waals surface area contributed by atoms with Crippen molar-refractivity contribution in [3.63, 3.8) is 0 Å². The smallest absolute Gasteiger partial charge is 0.258 e. The number of nitro groups is 1. The van der Waals surface area contributed by atoms with E-state index in [0.717, 1.165) is 29.8 Å². The number of hydrogen-bond acceptors (Lipinski definition) is 2. The van der Waals surface area contributed by atoms with Gasteiger partial charge in [-0.05, 0) is 78.8 Å². The molecule has 4 heteroatoms. The van der Waals surface area contributed by atoms with Gasteiger partial charge in [-0.3, -0.25) is 10.1 Å². The summed E-state index contributed by atoms with van der Waals surface area (Å²) in [5.74, 6) is 51.6. The molecule has 0 saturated heterocycles. The molecule has 66 heavy (non-hydrogen) atoms. The Kier molecular flexibility index (Phi) is 21.3. The fourth-order valence-corrected chi connectivity index (χ4v) is 8.26. The molecule has 0 radical (unpaired) electrons. The first-order valence-corrected chi connectivity index (χ1v) is 22.7. The van der Waals surface area contributed by atoms with E-state index in [1.54, 1.807) is 12.1 Å². The van der Waals surface area contributed by atoms with Crippen LogP contribution in [-0.4, -0.2) is 15.2 Å². The van der Waals surface area contributed by atoms with Crippen LogP contribution >= 0.6 is 0 Å². The van der Waals surface area contributed by atoms with Crippen LogP contribution in [0.5, 0.6) is 0 Å². The van der Waals surface area contributed by atoms with Gasteiger partial charge in [0.1, 0.15) is 0 Å². The molecular weight excluding hydrogens is 805 g/mol. The highest BCUT2D eigenvalue weighted by atomic mass is 16.6. The van der Waals surface area contributed by atoms with Gasteiger partial charge in [0.25, 0.3) is 5.69 Å². The predicted molar refractivity (Wildman–Crippen MR) is 272 cm³/mol. The number of rotatable bonds is 17. The number of hydrogen-bond donors (Lipinski definition) is 0. The van der Waals surface area contributed by atoms with Crippen LogP contribution in [0.25, 0.3) is 0 Å². The van der Waals surface area contributed by atoms with Gasteiger partial charge < -0.3 is 0 Å². The molecule has 0 fully saturated rings. The molecule has 324 valence electrons. The molecule has 0 N–H and O–H groups in total. The van der Waals surface area contributed by atoms with E-state index in [1.807, 2.05) is 22.8 Å². The van der Waals surface area contributed by atoms with Crippen molar-refractivity contribution in [3.05, 3.63) is 105 Å². The predicted octanol–water partition coefficient (Wildman–Crippen LogP) is 11.8. The Hall–Kier alpha value is -8.11. The van der Waals surface area contributed by atoms with Gasteiger partial charge in [0.15, 0.2) is 0 Å². The van der Waals surface area contributed by atoms with Crippen molar-refractivity contribution in [2.45, 2.75) is 135 Å². The standard InChI is InChI=1S/C62H55N2O2/c1-7-9-11-13-15-17-19-21-22-23-24-25-26-27-28-30-32-34-36-43-51-63-59-47-42-41-46-57(59)62(5,6)60(63)48-40-37-39-45-56-54(44-38-35-33-31-29-20-18-16-14-12-10-8-2)55-50-49-53(64(65)66)52-58(55)61(56,3)4/h1,37,39-42,45-50,52,54H,8,10,12,14,16,18,20,29,31,33,35,38,44H2,2-6H3/q+1. The summed E-state index contributed by atoms with van der Waals surface area (Å²) in [5.41, 5.74) is 6.29. The lowest BCUT2D eigenvalue weighted by atomic mass is 9.79. The number of fused-ring (bicyclic) bond motifs is 2. The maximum atomic E-state index is 11.8. The lowest BCUT2D eigenvalue weighted by Gasteiger charge is -2.24. The van der Waals surface area contributed by atoms with Crippen molar-refractivity contribution in [2.75, 3.05) is 0 Å². The second kappa shape index (κ2) is 27.8. The Morgan fingerprint density at radius 2 is 1.11 bits per heavy atom. The van der Waals surface area contributed by atoms with Gasteiger partial charge >= 0.3 is 0 Å². The molecule has 0 bridgehead atoms. The molecule has 0 amide bonds. The average molecular weight is 860 g/mol. The number of nitrogens with zero attached hydrogens (tertiary/aromatic N) is 2. The average Bonchev–Trinajstić information content (AvgIpc) is 3.65. The molecule has 4 nitrogen and oxygen atoms in total. The van der Waals surface area contributed by atoms with Crippen LogP contribution in [0, 0.1) is 141 Å². The fourth-order valence-electron chi connectivity index (χ4n) is 8.26. The van der Waals surface area contributed by atoms with Crippen molar-refractivity contribution in [3.8, 4) is 131 Å². The summed E-state index contributed by atoms with van der Waals surface area (Å²) >= 11 is 0. The van der Waals surface area contributed by atoms with Gasteiger partial charge in [-0.15, -0.1) is 11.0 Å². The molecule has 0 aromatic heterocycles. The first-order chi connectivity index (χ1) is 32.1. The monoisotopic (exact) mass is 859 g/mol. The molecule has 0 saturated carbocycles. The van der Waals surface area contributed by atoms with E-state index in [9.17, 15) is 10.1 Å². The molecular formula is C62H55N2O2+. The molecule has 0 spiro atoms. The summed E-state index contributed by atoms with van der Waals surface area (Å²) < 4.78 is 1.99. The molecule has 2 aliphatic rings. The Morgan fingerprint density at radius 3 is 1.64 bits per heavy atom. The van der Waals surface area contributed by atoms with Crippen LogP contribution in [0.3, 0.4) is 0 Å². The minimum Gasteiger partial charge on any atom is -0.258 e. The number of benzene rings is 2. The molecule has 1 unspecified atom stereocenters. The largest absolute Gasteiger partial charge is 0.269 e. The van der Waals surface area contributed by atoms with E-state index in [-0.39, 0.29) is 27.4 Å². The third-order valence-corrected chi connectivity index (χ3v) is 11.6. The van der Waals surface area contributed by atoms with Crippen molar-refractivity contribution in [1.29, 1.82) is 0 Å². The lowest BCUT2D eigenvalue weighted by Crippen LogP contribution is -2.26. The van der Waals surface area contributed by atoms with Crippen LogP contribution in [-0.2, 0) is 10.8 Å². The highest BCUT2D eigenvalue weighted by Gasteiger charge is 2.44. The zero-order valence-corrected chi connectivity index (χ0v) is 39.0. The summed E-state index contributed by atoms with van der Waals surface area (Å²) in [4.78, 5) is 11.5. The molecule has 4 rings (SSSR count). The SMILES string of the molecule is C#CC#CC#CC#CC#CC#CC#CC#CC#CC#CC#C[N+]1=C(C=CC=CC=C2C(CCCCCCCCCCCCCC)c3ccc([N+](=O)[O-])cc3C2(C)C)C(C)(C)c2ccccc21. The van der Waals surface area contributed by atoms with E-state index in [0.29, 0.717) is 0 Å². The number of non-ortho nitro benzene ring substituents is 1. The van der Waals surface area contributed by atoms with E-state index in [1.165, 1.54) is 87.3 Å². The quantitative estimate of drug-likeness (QED) is 0.0397. The van der Waals surface area contributed by atoms with Crippen molar-refractivity contribution in [1.82, 2.24) is 0 Å². The third-order valence-electron chi connectivity index (χ3n) is 11.6. The number of para-hydroxylation sites is 1. The Balaban J connectivity index is 1.45. The van der Waals surface area contributed by atoms with Crippen LogP contribution in [0.4, 0.5) is 11.4 Å². The molecule has 1 aliphatic heterocycles. The molecule has 1 atom stereocenters. The number of allylic oxidation sites excluding steroid dienone is 6. The van der Waals surface area contributed by atoms with Crippen molar-refractivity contribution >= 4 is 17.1 Å². The first kappa shape index (κ1) is 50.5. The molecule has 1 heterocycles. The minimum absolute atomic E-state index is 0.145. The topological polar surface area (TPSA) is 46.1 Å². The Bertz CT molecular complexity index is 2960. The van der Waals surface area contributed by atoms with Gasteiger partial charge in [0.2, 0.25) is 17.4 Å². The van der Waals surface area contributed by atoms with Crippen LogP contribution < -0.4 is 0 Å². The molecule has 1 aliphatic carbocycles. The van der Waals surface area contributed by atoms with Crippen molar-refractivity contribution < 1.29 is 9.50 Å². The fraction of sp³-hybridized carbons (Fsp3) is 0.339. The molecule has 2 aromatic rings. The summed E-state index contributed by atoms with van der Waals surface area (Å²) in [6.45, 7) is 11.1. The Morgan fingerprint density at radius 1 is 0.606 bits per heavy atom. The minimum atomic E-state index is -0.335. The van der Waals surface area contributed by atoms with E-state index < -0.39 is 0 Å². The van der Waals surface area contributed by atoms with Crippen LogP contribution in [0.1, 0.15) is 141 Å². The maximum absolute atomic E-state index is 11.8. The summed E-state index contributed by atoms with van der Waals surface area (Å²) in [7, 11) is 0. The number of nitro benzene ring substituents is 1. The van der Waals surface area contributed by atoms with Gasteiger partial charge in [0.05, 0.1) is 16.3 Å². The van der Waals surface area contributed by atoms with Gasteiger partial charge in [-0.1, -0.05) is 152 Å². The maximum Gasteiger partial charge on any atom is 0.269 e. The third kappa shape index (κ3) is 15.6. The number of terminal acetylenes is 1. The van der Waals surface area contributed by atoms with E-state index in [4.69, 9.17) is 6.42 Å². The second-order valence-corrected chi connectivity index (χ2v) is 16.7. The highest BCUT2D eigenvalue weighted by Crippen LogP contribution is 2.53. The van der Waals surface area contributed by atoms with Gasteiger partial charge in [-0.2, -0.15) is 0 Å². The first-order valence-electron chi connectivity index (χ1n) is 22.7. The summed E-state index contributed by atoms with van der Waals surface area (Å²) in [6.07, 6.45) is 32.3. The van der Waals surface area contributed by atoms with Gasteiger partial charge in [0, 0.05) is 106 Å². The summed E-state index contributed by atoms with van der Waals surface area (Å²) in [6, 6.07) is 17.0. The highest BCUT2D eigenvalue weighted by molar-refractivity contribution is 6.03. The van der Waals surface area contributed by atoms with E-state index >= 15 is 0 Å². The van der Waals surface area contributed by atoms with Gasteiger partial charge in [-0.25, -0.2) is 0 Å². The second-order valence-electron chi connectivity index (χ2n) is 16.7. The Labute approximate surface area is 395 Å². The number of unbranched alkanes of at least 4 members (excludes halogenated alkanes) is 11. The zero-order chi connectivity index (χ0) is 47.3.